The third-order valence-corrected chi connectivity index (χ3v) is 4.92. The molecule has 0 N–H and O–H groups in total. The highest BCUT2D eigenvalue weighted by atomic mass is 19.3. The molecule has 0 aliphatic heterocycles. The van der Waals surface area contributed by atoms with Crippen LogP contribution in [0.25, 0.3) is 16.9 Å². The Morgan fingerprint density at radius 2 is 2.04 bits per heavy atom. The van der Waals surface area contributed by atoms with Crippen LogP contribution in [0.5, 0.6) is 5.75 Å². The van der Waals surface area contributed by atoms with Gasteiger partial charge in [-0.15, -0.1) is 5.10 Å². The summed E-state index contributed by atoms with van der Waals surface area (Å²) < 4.78 is 37.5. The van der Waals surface area contributed by atoms with Gasteiger partial charge in [0.15, 0.2) is 0 Å². The van der Waals surface area contributed by atoms with Crippen molar-refractivity contribution in [3.05, 3.63) is 54.3 Å². The van der Waals surface area contributed by atoms with Crippen LogP contribution in [-0.2, 0) is 6.05 Å². The smallest absolute Gasteiger partial charge is 0.368 e. The molecule has 0 saturated carbocycles. The Labute approximate surface area is 161 Å². The van der Waals surface area contributed by atoms with E-state index in [1.165, 1.54) is 6.20 Å². The van der Waals surface area contributed by atoms with Crippen LogP contribution in [0.15, 0.2) is 48.6 Å². The molecule has 0 amide bonds. The lowest BCUT2D eigenvalue weighted by Crippen LogP contribution is -2.27. The molecule has 1 aliphatic rings. The van der Waals surface area contributed by atoms with E-state index in [4.69, 9.17) is 4.74 Å². The monoisotopic (exact) mass is 385 g/mol. The highest BCUT2D eigenvalue weighted by Gasteiger charge is 2.38. The van der Waals surface area contributed by atoms with Crippen molar-refractivity contribution in [2.24, 2.45) is 0 Å². The van der Waals surface area contributed by atoms with Crippen LogP contribution in [0.4, 0.5) is 8.78 Å². The number of imidazole rings is 1. The molecule has 28 heavy (non-hydrogen) atoms. The lowest BCUT2D eigenvalue weighted by Gasteiger charge is -2.22. The third-order valence-electron chi connectivity index (χ3n) is 4.92. The summed E-state index contributed by atoms with van der Waals surface area (Å²) in [6.07, 6.45) is 9.27. The van der Waals surface area contributed by atoms with Gasteiger partial charge in [0.1, 0.15) is 11.4 Å². The molecule has 0 atom stereocenters. The highest BCUT2D eigenvalue weighted by molar-refractivity contribution is 5.64. The number of aromatic nitrogens is 5. The first-order valence-corrected chi connectivity index (χ1v) is 9.18. The molecule has 0 spiro atoms. The summed E-state index contributed by atoms with van der Waals surface area (Å²) in [5.41, 5.74) is 2.81. The van der Waals surface area contributed by atoms with E-state index in [1.807, 2.05) is 23.8 Å². The fraction of sp³-hybridized carbons (Fsp3) is 0.350. The van der Waals surface area contributed by atoms with E-state index in [9.17, 15) is 8.78 Å². The molecule has 0 fully saturated rings. The normalized spacial score (nSPS) is 14.8. The number of methoxy groups -OCH3 is 1. The molecule has 1 aliphatic carbocycles. The second-order valence-electron chi connectivity index (χ2n) is 6.87. The molecule has 6 nitrogen and oxygen atoms in total. The van der Waals surface area contributed by atoms with Crippen molar-refractivity contribution in [3.8, 4) is 22.7 Å². The van der Waals surface area contributed by atoms with Gasteiger partial charge < -0.3 is 9.30 Å². The van der Waals surface area contributed by atoms with Gasteiger partial charge in [-0.3, -0.25) is 0 Å². The van der Waals surface area contributed by atoms with Crippen molar-refractivity contribution >= 4 is 0 Å². The van der Waals surface area contributed by atoms with Crippen LogP contribution in [0.3, 0.4) is 0 Å². The quantitative estimate of drug-likeness (QED) is 0.607. The number of allylic oxidation sites excluding steroid dienone is 2. The number of halogens is 2. The zero-order valence-electron chi connectivity index (χ0n) is 15.8. The van der Waals surface area contributed by atoms with Crippen molar-refractivity contribution < 1.29 is 13.5 Å². The number of rotatable bonds is 5. The first-order chi connectivity index (χ1) is 13.5. The summed E-state index contributed by atoms with van der Waals surface area (Å²) in [6, 6.07) is 2.25. The zero-order chi connectivity index (χ0) is 19.7. The predicted octanol–water partition coefficient (Wildman–Crippen LogP) is 4.50. The zero-order valence-corrected chi connectivity index (χ0v) is 15.8. The van der Waals surface area contributed by atoms with E-state index in [0.29, 0.717) is 34.5 Å². The second-order valence-corrected chi connectivity index (χ2v) is 6.87. The maximum atomic E-state index is 14.8. The summed E-state index contributed by atoms with van der Waals surface area (Å²) in [7, 11) is 1.56. The molecule has 2 heterocycles. The van der Waals surface area contributed by atoms with Crippen molar-refractivity contribution in [2.75, 3.05) is 7.11 Å². The Balaban J connectivity index is 1.66. The van der Waals surface area contributed by atoms with Gasteiger partial charge in [-0.05, 0) is 44.7 Å². The summed E-state index contributed by atoms with van der Waals surface area (Å²) in [4.78, 5) is 4.22. The Bertz CT molecular complexity index is 1020. The first kappa shape index (κ1) is 18.3. The first-order valence-electron chi connectivity index (χ1n) is 9.18. The standard InChI is InChI=1S/C20H21F2N5O/c1-14-11-26(13-23-14)18-9-8-15(10-19(18)28-2)17-12-27(25-24-17)20(21,22)16-6-4-3-5-7-16/h6,8-13H,3-5,7H2,1-2H3. The molecule has 0 bridgehead atoms. The molecule has 2 aromatic heterocycles. The summed E-state index contributed by atoms with van der Waals surface area (Å²) >= 11 is 0. The van der Waals surface area contributed by atoms with Crippen LogP contribution in [0, 0.1) is 6.92 Å². The molecular formula is C20H21F2N5O. The van der Waals surface area contributed by atoms with Crippen LogP contribution in [0.1, 0.15) is 31.4 Å². The number of alkyl halides is 2. The fourth-order valence-electron chi connectivity index (χ4n) is 3.40. The second kappa shape index (κ2) is 7.18. The van der Waals surface area contributed by atoms with Gasteiger partial charge in [-0.2, -0.15) is 13.5 Å². The van der Waals surface area contributed by atoms with Crippen LogP contribution in [0.2, 0.25) is 0 Å². The van der Waals surface area contributed by atoms with Gasteiger partial charge in [0, 0.05) is 17.3 Å². The van der Waals surface area contributed by atoms with Gasteiger partial charge in [0.2, 0.25) is 0 Å². The SMILES string of the molecule is COc1cc(-c2cn(C(F)(F)C3=CCCCC3)nn2)ccc1-n1cnc(C)c1. The van der Waals surface area contributed by atoms with Gasteiger partial charge in [-0.25, -0.2) is 4.98 Å². The molecule has 8 heteroatoms. The molecule has 0 radical (unpaired) electrons. The Morgan fingerprint density at radius 3 is 2.71 bits per heavy atom. The number of hydrogen-bond donors (Lipinski definition) is 0. The highest BCUT2D eigenvalue weighted by Crippen LogP contribution is 2.36. The average Bonchev–Trinajstić information content (AvgIpc) is 3.38. The van der Waals surface area contributed by atoms with Crippen molar-refractivity contribution in [2.45, 2.75) is 38.7 Å². The molecule has 1 aromatic carbocycles. The lowest BCUT2D eigenvalue weighted by molar-refractivity contribution is -0.0583. The van der Waals surface area contributed by atoms with Gasteiger partial charge in [0.25, 0.3) is 0 Å². The van der Waals surface area contributed by atoms with Crippen LogP contribution >= 0.6 is 0 Å². The topological polar surface area (TPSA) is 57.8 Å². The van der Waals surface area contributed by atoms with Gasteiger partial charge >= 0.3 is 6.05 Å². The molecule has 146 valence electrons. The minimum absolute atomic E-state index is 0.110. The van der Waals surface area contributed by atoms with Crippen molar-refractivity contribution in [3.63, 3.8) is 0 Å². The van der Waals surface area contributed by atoms with Crippen molar-refractivity contribution in [1.29, 1.82) is 0 Å². The summed E-state index contributed by atoms with van der Waals surface area (Å²) in [5, 5.41) is 7.66. The minimum atomic E-state index is -3.16. The molecule has 4 rings (SSSR count). The predicted molar refractivity (Wildman–Crippen MR) is 101 cm³/mol. The van der Waals surface area contributed by atoms with E-state index in [0.717, 1.165) is 24.2 Å². The number of nitrogens with zero attached hydrogens (tertiary/aromatic N) is 5. The lowest BCUT2D eigenvalue weighted by atomic mass is 9.98. The number of ether oxygens (including phenoxy) is 1. The van der Waals surface area contributed by atoms with Crippen LogP contribution in [-0.4, -0.2) is 31.7 Å². The van der Waals surface area contributed by atoms with E-state index in [1.54, 1.807) is 31.6 Å². The number of benzene rings is 1. The maximum Gasteiger partial charge on any atom is 0.368 e. The summed E-state index contributed by atoms with van der Waals surface area (Å²) in [5.74, 6) is 0.589. The molecule has 3 aromatic rings. The summed E-state index contributed by atoms with van der Waals surface area (Å²) in [6.45, 7) is 1.90. The minimum Gasteiger partial charge on any atom is -0.495 e. The van der Waals surface area contributed by atoms with E-state index < -0.39 is 6.05 Å². The number of hydrogen-bond acceptors (Lipinski definition) is 4. The Morgan fingerprint density at radius 1 is 1.18 bits per heavy atom. The van der Waals surface area contributed by atoms with Crippen molar-refractivity contribution in [1.82, 2.24) is 24.5 Å². The number of aryl methyl sites for hydroxylation is 1. The van der Waals surface area contributed by atoms with Gasteiger partial charge in [0.05, 0.1) is 31.0 Å². The Hall–Kier alpha value is -3.03. The van der Waals surface area contributed by atoms with Gasteiger partial charge in [-0.1, -0.05) is 17.4 Å². The molecule has 0 unspecified atom stereocenters. The van der Waals surface area contributed by atoms with E-state index in [2.05, 4.69) is 15.3 Å². The molecule has 0 saturated heterocycles. The fourth-order valence-corrected chi connectivity index (χ4v) is 3.40. The average molecular weight is 385 g/mol. The Kier molecular flexibility index (Phi) is 4.70. The molecular weight excluding hydrogens is 364 g/mol. The maximum absolute atomic E-state index is 14.8. The van der Waals surface area contributed by atoms with E-state index in [-0.39, 0.29) is 5.57 Å². The largest absolute Gasteiger partial charge is 0.495 e. The third kappa shape index (κ3) is 3.30. The van der Waals surface area contributed by atoms with Crippen LogP contribution < -0.4 is 4.74 Å². The van der Waals surface area contributed by atoms with E-state index >= 15 is 0 Å².